The predicted molar refractivity (Wildman–Crippen MR) is 63.1 cm³/mol. The highest BCUT2D eigenvalue weighted by Crippen LogP contribution is 2.15. The third kappa shape index (κ3) is 2.50. The lowest BCUT2D eigenvalue weighted by atomic mass is 10.3. The van der Waals surface area contributed by atoms with Crippen molar-refractivity contribution >= 4 is 28.6 Å². The van der Waals surface area contributed by atoms with Crippen molar-refractivity contribution in [2.24, 2.45) is 0 Å². The number of hydrogen-bond acceptors (Lipinski definition) is 2. The summed E-state index contributed by atoms with van der Waals surface area (Å²) in [5.74, 6) is 0. The van der Waals surface area contributed by atoms with Crippen LogP contribution in [0.5, 0.6) is 0 Å². The molecule has 72 valence electrons. The minimum Gasteiger partial charge on any atom is -0.380 e. The maximum atomic E-state index is 5.79. The van der Waals surface area contributed by atoms with Gasteiger partial charge in [0.2, 0.25) is 0 Å². The Kier molecular flexibility index (Phi) is 3.07. The number of rotatable bonds is 3. The molecule has 1 aromatic carbocycles. The van der Waals surface area contributed by atoms with E-state index >= 15 is 0 Å². The summed E-state index contributed by atoms with van der Waals surface area (Å²) in [5.41, 5.74) is 1.10. The number of hydrogen-bond donors (Lipinski definition) is 1. The maximum absolute atomic E-state index is 5.79. The topological polar surface area (TPSA) is 12.0 Å². The van der Waals surface area contributed by atoms with Gasteiger partial charge in [-0.25, -0.2) is 0 Å². The van der Waals surface area contributed by atoms with Crippen molar-refractivity contribution in [1.29, 1.82) is 0 Å². The molecular formula is C11H10ClNS. The average Bonchev–Trinajstić information content (AvgIpc) is 2.70. The molecule has 0 aliphatic rings. The molecule has 1 aromatic heterocycles. The molecule has 0 bridgehead atoms. The van der Waals surface area contributed by atoms with E-state index in [1.54, 1.807) is 11.3 Å². The predicted octanol–water partition coefficient (Wildman–Crippen LogP) is 4.01. The summed E-state index contributed by atoms with van der Waals surface area (Å²) in [6.45, 7) is 0.874. The van der Waals surface area contributed by atoms with Gasteiger partial charge in [0.15, 0.2) is 0 Å². The van der Waals surface area contributed by atoms with Gasteiger partial charge >= 0.3 is 0 Å². The van der Waals surface area contributed by atoms with E-state index in [0.29, 0.717) is 0 Å². The molecule has 0 radical (unpaired) electrons. The summed E-state index contributed by atoms with van der Waals surface area (Å²) < 4.78 is 0. The largest absolute Gasteiger partial charge is 0.380 e. The van der Waals surface area contributed by atoms with E-state index in [4.69, 9.17) is 11.6 Å². The molecule has 1 heterocycles. The second kappa shape index (κ2) is 4.49. The van der Waals surface area contributed by atoms with Crippen molar-refractivity contribution in [3.63, 3.8) is 0 Å². The van der Waals surface area contributed by atoms with Crippen molar-refractivity contribution in [2.75, 3.05) is 5.32 Å². The van der Waals surface area contributed by atoms with Crippen LogP contribution in [0.1, 0.15) is 4.88 Å². The molecule has 2 rings (SSSR count). The van der Waals surface area contributed by atoms with Gasteiger partial charge in [-0.1, -0.05) is 17.7 Å². The molecule has 2 aromatic rings. The van der Waals surface area contributed by atoms with Crippen LogP contribution in [0.15, 0.2) is 41.8 Å². The van der Waals surface area contributed by atoms with Crippen LogP contribution in [-0.2, 0) is 6.54 Å². The van der Waals surface area contributed by atoms with E-state index in [1.807, 2.05) is 24.3 Å². The zero-order chi connectivity index (χ0) is 9.80. The highest BCUT2D eigenvalue weighted by atomic mass is 35.5. The Balaban J connectivity index is 1.95. The molecule has 0 unspecified atom stereocenters. The quantitative estimate of drug-likeness (QED) is 0.829. The number of halogens is 1. The molecule has 1 N–H and O–H groups in total. The fourth-order valence-electron chi connectivity index (χ4n) is 1.17. The third-order valence-electron chi connectivity index (χ3n) is 1.89. The van der Waals surface area contributed by atoms with Gasteiger partial charge in [0.05, 0.1) is 0 Å². The van der Waals surface area contributed by atoms with Gasteiger partial charge in [-0.3, -0.25) is 0 Å². The van der Waals surface area contributed by atoms with E-state index in [1.165, 1.54) is 4.88 Å². The molecule has 3 heteroatoms. The van der Waals surface area contributed by atoms with Gasteiger partial charge in [0.25, 0.3) is 0 Å². The van der Waals surface area contributed by atoms with Gasteiger partial charge in [-0.15, -0.1) is 11.3 Å². The first-order valence-corrected chi connectivity index (χ1v) is 5.62. The van der Waals surface area contributed by atoms with Gasteiger partial charge in [0, 0.05) is 22.1 Å². The van der Waals surface area contributed by atoms with Crippen LogP contribution in [0.4, 0.5) is 5.69 Å². The number of anilines is 1. The first-order valence-electron chi connectivity index (χ1n) is 4.36. The van der Waals surface area contributed by atoms with Crippen molar-refractivity contribution in [3.05, 3.63) is 51.7 Å². The molecule has 0 spiro atoms. The van der Waals surface area contributed by atoms with Crippen LogP contribution < -0.4 is 5.32 Å². The molecule has 0 aliphatic carbocycles. The third-order valence-corrected chi connectivity index (χ3v) is 3.02. The second-order valence-electron chi connectivity index (χ2n) is 2.94. The smallest absolute Gasteiger partial charge is 0.0494 e. The minimum atomic E-state index is 0.770. The van der Waals surface area contributed by atoms with Crippen LogP contribution in [0.3, 0.4) is 0 Å². The molecule has 0 amide bonds. The lowest BCUT2D eigenvalue weighted by molar-refractivity contribution is 1.19. The fourth-order valence-corrected chi connectivity index (χ4v) is 1.94. The first kappa shape index (κ1) is 9.56. The zero-order valence-electron chi connectivity index (χ0n) is 7.53. The number of nitrogens with one attached hydrogen (secondary N) is 1. The van der Waals surface area contributed by atoms with Crippen molar-refractivity contribution in [1.82, 2.24) is 0 Å². The lowest BCUT2D eigenvalue weighted by Crippen LogP contribution is -1.96. The molecule has 0 saturated heterocycles. The van der Waals surface area contributed by atoms with E-state index < -0.39 is 0 Å². The summed E-state index contributed by atoms with van der Waals surface area (Å²) in [4.78, 5) is 1.33. The highest BCUT2D eigenvalue weighted by Gasteiger charge is 1.94. The normalized spacial score (nSPS) is 10.1. The van der Waals surface area contributed by atoms with E-state index in [2.05, 4.69) is 22.8 Å². The van der Waals surface area contributed by atoms with Crippen molar-refractivity contribution in [3.8, 4) is 0 Å². The Morgan fingerprint density at radius 1 is 1.14 bits per heavy atom. The molecular weight excluding hydrogens is 214 g/mol. The maximum Gasteiger partial charge on any atom is 0.0494 e. The Labute approximate surface area is 92.3 Å². The standard InChI is InChI=1S/C11H10ClNS/c12-9-3-5-10(6-4-9)13-8-11-2-1-7-14-11/h1-7,13H,8H2. The molecule has 0 fully saturated rings. The van der Waals surface area contributed by atoms with Crippen LogP contribution in [0, 0.1) is 0 Å². The van der Waals surface area contributed by atoms with Crippen LogP contribution in [0.2, 0.25) is 5.02 Å². The number of thiophene rings is 1. The Morgan fingerprint density at radius 3 is 2.57 bits per heavy atom. The number of benzene rings is 1. The van der Waals surface area contributed by atoms with Gasteiger partial charge in [-0.2, -0.15) is 0 Å². The SMILES string of the molecule is Clc1ccc(NCc2cccs2)cc1. The zero-order valence-corrected chi connectivity index (χ0v) is 9.11. The fraction of sp³-hybridized carbons (Fsp3) is 0.0909. The summed E-state index contributed by atoms with van der Waals surface area (Å²) in [6.07, 6.45) is 0. The first-order chi connectivity index (χ1) is 6.84. The molecule has 0 saturated carbocycles. The van der Waals surface area contributed by atoms with Crippen LogP contribution in [0.25, 0.3) is 0 Å². The van der Waals surface area contributed by atoms with E-state index in [0.717, 1.165) is 17.3 Å². The van der Waals surface area contributed by atoms with E-state index in [-0.39, 0.29) is 0 Å². The van der Waals surface area contributed by atoms with Crippen molar-refractivity contribution < 1.29 is 0 Å². The lowest BCUT2D eigenvalue weighted by Gasteiger charge is -2.03. The Morgan fingerprint density at radius 2 is 1.93 bits per heavy atom. The molecule has 1 nitrogen and oxygen atoms in total. The Bertz CT molecular complexity index is 380. The molecule has 14 heavy (non-hydrogen) atoms. The molecule has 0 aliphatic heterocycles. The van der Waals surface area contributed by atoms with Gasteiger partial charge < -0.3 is 5.32 Å². The monoisotopic (exact) mass is 223 g/mol. The molecule has 0 atom stereocenters. The highest BCUT2D eigenvalue weighted by molar-refractivity contribution is 7.09. The summed E-state index contributed by atoms with van der Waals surface area (Å²) in [6, 6.07) is 11.9. The summed E-state index contributed by atoms with van der Waals surface area (Å²) >= 11 is 7.54. The average molecular weight is 224 g/mol. The van der Waals surface area contributed by atoms with E-state index in [9.17, 15) is 0 Å². The van der Waals surface area contributed by atoms with Crippen LogP contribution >= 0.6 is 22.9 Å². The summed E-state index contributed by atoms with van der Waals surface area (Å²) in [7, 11) is 0. The second-order valence-corrected chi connectivity index (χ2v) is 4.41. The summed E-state index contributed by atoms with van der Waals surface area (Å²) in [5, 5.41) is 6.18. The minimum absolute atomic E-state index is 0.770. The van der Waals surface area contributed by atoms with Crippen LogP contribution in [-0.4, -0.2) is 0 Å². The Hall–Kier alpha value is -0.990. The van der Waals surface area contributed by atoms with Gasteiger partial charge in [-0.05, 0) is 35.7 Å². The van der Waals surface area contributed by atoms with Crippen molar-refractivity contribution in [2.45, 2.75) is 6.54 Å². The van der Waals surface area contributed by atoms with Gasteiger partial charge in [0.1, 0.15) is 0 Å².